The highest BCUT2D eigenvalue weighted by molar-refractivity contribution is 5.76. The van der Waals surface area contributed by atoms with Crippen LogP contribution in [0.4, 0.5) is 0 Å². The summed E-state index contributed by atoms with van der Waals surface area (Å²) < 4.78 is 0. The zero-order valence-corrected chi connectivity index (χ0v) is 28.8. The van der Waals surface area contributed by atoms with E-state index in [1.165, 1.54) is 135 Å². The van der Waals surface area contributed by atoms with E-state index < -0.39 is 18.2 Å². The molecule has 0 aliphatic heterocycles. The van der Waals surface area contributed by atoms with Crippen LogP contribution in [0.5, 0.6) is 0 Å². The molecule has 0 aromatic heterocycles. The van der Waals surface area contributed by atoms with Crippen LogP contribution in [0.25, 0.3) is 0 Å². The van der Waals surface area contributed by atoms with Crippen molar-refractivity contribution >= 4 is 5.91 Å². The van der Waals surface area contributed by atoms with Gasteiger partial charge in [0.2, 0.25) is 5.91 Å². The van der Waals surface area contributed by atoms with Crippen molar-refractivity contribution in [3.05, 3.63) is 12.2 Å². The van der Waals surface area contributed by atoms with Gasteiger partial charge in [0, 0.05) is 6.42 Å². The average molecular weight is 610 g/mol. The smallest absolute Gasteiger partial charge is 0.220 e. The normalized spacial score (nSPS) is 13.9. The summed E-state index contributed by atoms with van der Waals surface area (Å²) in [5.74, 6) is -0.150. The Balaban J connectivity index is 3.62. The quantitative estimate of drug-likeness (QED) is 0.0432. The van der Waals surface area contributed by atoms with Crippen molar-refractivity contribution in [2.45, 2.75) is 218 Å². The first-order chi connectivity index (χ1) is 21.1. The minimum absolute atomic E-state index is 0.150. The Morgan fingerprint density at radius 2 is 0.930 bits per heavy atom. The zero-order valence-electron chi connectivity index (χ0n) is 28.8. The third-order valence-electron chi connectivity index (χ3n) is 8.87. The number of carbonyl (C=O) groups excluding carboxylic acids is 1. The minimum atomic E-state index is -1.13. The summed E-state index contributed by atoms with van der Waals surface area (Å²) in [5, 5.41) is 33.2. The standard InChI is InChI=1S/C38H75NO4/c1-3-5-7-9-11-13-14-15-16-17-18-19-20-21-22-23-25-27-29-31-33-37(42)39-35(34-40)38(43)36(41)32-30-28-26-24-12-10-8-6-4-2/h18-19,35-36,38,40-41,43H,3-17,20-34H2,1-2H3,(H,39,42)/b19-18-. The van der Waals surface area contributed by atoms with Gasteiger partial charge in [0.15, 0.2) is 0 Å². The van der Waals surface area contributed by atoms with Gasteiger partial charge in [-0.25, -0.2) is 0 Å². The molecule has 0 rings (SSSR count). The molecule has 43 heavy (non-hydrogen) atoms. The minimum Gasteiger partial charge on any atom is -0.394 e. The van der Waals surface area contributed by atoms with Crippen LogP contribution in [0, 0.1) is 0 Å². The molecule has 0 aromatic carbocycles. The molecule has 0 bridgehead atoms. The first-order valence-corrected chi connectivity index (χ1v) is 19.0. The molecule has 1 amide bonds. The molecule has 0 saturated heterocycles. The van der Waals surface area contributed by atoms with Crippen molar-refractivity contribution in [2.24, 2.45) is 0 Å². The van der Waals surface area contributed by atoms with Gasteiger partial charge >= 0.3 is 0 Å². The van der Waals surface area contributed by atoms with Crippen LogP contribution in [0.15, 0.2) is 12.2 Å². The number of carbonyl (C=O) groups is 1. The van der Waals surface area contributed by atoms with Gasteiger partial charge in [0.1, 0.15) is 6.10 Å². The van der Waals surface area contributed by atoms with Crippen molar-refractivity contribution in [1.29, 1.82) is 0 Å². The Hall–Kier alpha value is -0.910. The van der Waals surface area contributed by atoms with Crippen LogP contribution in [0.2, 0.25) is 0 Å². The van der Waals surface area contributed by atoms with E-state index in [0.717, 1.165) is 38.5 Å². The number of hydrogen-bond donors (Lipinski definition) is 4. The van der Waals surface area contributed by atoms with Gasteiger partial charge in [-0.05, 0) is 38.5 Å². The van der Waals surface area contributed by atoms with Crippen LogP contribution in [-0.4, -0.2) is 46.1 Å². The lowest BCUT2D eigenvalue weighted by Gasteiger charge is -2.26. The third kappa shape index (κ3) is 29.6. The maximum Gasteiger partial charge on any atom is 0.220 e. The lowest BCUT2D eigenvalue weighted by atomic mass is 9.99. The van der Waals surface area contributed by atoms with Crippen molar-refractivity contribution in [3.63, 3.8) is 0 Å². The zero-order chi connectivity index (χ0) is 31.6. The van der Waals surface area contributed by atoms with Crippen molar-refractivity contribution in [1.82, 2.24) is 5.32 Å². The number of aliphatic hydroxyl groups excluding tert-OH is 3. The molecule has 0 aliphatic rings. The fraction of sp³-hybridized carbons (Fsp3) is 0.921. The SMILES string of the molecule is CCCCCCCCCCC/C=C\CCCCCCCCCC(=O)NC(CO)C(O)C(O)CCCCCCCCCCC. The summed E-state index contributed by atoms with van der Waals surface area (Å²) >= 11 is 0. The van der Waals surface area contributed by atoms with Crippen LogP contribution in [0.1, 0.15) is 200 Å². The Morgan fingerprint density at radius 3 is 1.35 bits per heavy atom. The van der Waals surface area contributed by atoms with E-state index in [0.29, 0.717) is 12.8 Å². The summed E-state index contributed by atoms with van der Waals surface area (Å²) in [6.45, 7) is 4.14. The molecule has 5 nitrogen and oxygen atoms in total. The van der Waals surface area contributed by atoms with Crippen molar-refractivity contribution in [2.75, 3.05) is 6.61 Å². The lowest BCUT2D eigenvalue weighted by molar-refractivity contribution is -0.124. The Labute approximate surface area is 268 Å². The second-order valence-electron chi connectivity index (χ2n) is 13.1. The van der Waals surface area contributed by atoms with Crippen LogP contribution in [0.3, 0.4) is 0 Å². The number of aliphatic hydroxyl groups is 3. The fourth-order valence-corrected chi connectivity index (χ4v) is 5.86. The second kappa shape index (κ2) is 34.0. The van der Waals surface area contributed by atoms with Crippen LogP contribution in [-0.2, 0) is 4.79 Å². The molecule has 0 aromatic rings. The van der Waals surface area contributed by atoms with Crippen molar-refractivity contribution < 1.29 is 20.1 Å². The van der Waals surface area contributed by atoms with Gasteiger partial charge in [0.25, 0.3) is 0 Å². The maximum atomic E-state index is 12.3. The second-order valence-corrected chi connectivity index (χ2v) is 13.1. The predicted molar refractivity (Wildman–Crippen MR) is 185 cm³/mol. The van der Waals surface area contributed by atoms with Gasteiger partial charge in [-0.15, -0.1) is 0 Å². The first kappa shape index (κ1) is 42.1. The molecular formula is C38H75NO4. The fourth-order valence-electron chi connectivity index (χ4n) is 5.86. The molecule has 3 atom stereocenters. The largest absolute Gasteiger partial charge is 0.394 e. The Morgan fingerprint density at radius 1 is 0.558 bits per heavy atom. The van der Waals surface area contributed by atoms with E-state index in [9.17, 15) is 20.1 Å². The highest BCUT2D eigenvalue weighted by Gasteiger charge is 2.26. The molecule has 0 fully saturated rings. The molecule has 4 N–H and O–H groups in total. The molecule has 0 saturated carbocycles. The van der Waals surface area contributed by atoms with E-state index in [-0.39, 0.29) is 12.5 Å². The van der Waals surface area contributed by atoms with Crippen LogP contribution < -0.4 is 5.32 Å². The number of nitrogens with one attached hydrogen (secondary N) is 1. The summed E-state index contributed by atoms with van der Waals surface area (Å²) in [6, 6.07) is -0.805. The van der Waals surface area contributed by atoms with E-state index in [2.05, 4.69) is 31.3 Å². The molecule has 0 radical (unpaired) electrons. The predicted octanol–water partition coefficient (Wildman–Crippen LogP) is 10.1. The number of unbranched alkanes of at least 4 members (excludes halogenated alkanes) is 24. The van der Waals surface area contributed by atoms with E-state index in [4.69, 9.17) is 0 Å². The third-order valence-corrected chi connectivity index (χ3v) is 8.87. The molecule has 3 unspecified atom stereocenters. The lowest BCUT2D eigenvalue weighted by Crippen LogP contribution is -2.50. The maximum absolute atomic E-state index is 12.3. The first-order valence-electron chi connectivity index (χ1n) is 19.0. The van der Waals surface area contributed by atoms with Gasteiger partial charge in [-0.1, -0.05) is 167 Å². The van der Waals surface area contributed by atoms with Gasteiger partial charge < -0.3 is 20.6 Å². The van der Waals surface area contributed by atoms with E-state index >= 15 is 0 Å². The summed E-state index contributed by atoms with van der Waals surface area (Å²) in [4.78, 5) is 12.3. The molecule has 256 valence electrons. The number of amides is 1. The van der Waals surface area contributed by atoms with Crippen LogP contribution >= 0.6 is 0 Å². The number of rotatable bonds is 34. The highest BCUT2D eigenvalue weighted by atomic mass is 16.3. The number of allylic oxidation sites excluding steroid dienone is 2. The summed E-state index contributed by atoms with van der Waals surface area (Å²) in [5.41, 5.74) is 0. The Bertz CT molecular complexity index is 596. The molecule has 0 heterocycles. The molecule has 5 heteroatoms. The highest BCUT2D eigenvalue weighted by Crippen LogP contribution is 2.15. The van der Waals surface area contributed by atoms with Gasteiger partial charge in [0.05, 0.1) is 18.8 Å². The summed E-state index contributed by atoms with van der Waals surface area (Å²) in [6.07, 6.45) is 37.4. The number of hydrogen-bond acceptors (Lipinski definition) is 4. The Kier molecular flexibility index (Phi) is 33.3. The monoisotopic (exact) mass is 610 g/mol. The topological polar surface area (TPSA) is 89.8 Å². The average Bonchev–Trinajstić information content (AvgIpc) is 3.01. The molecule has 0 aliphatic carbocycles. The van der Waals surface area contributed by atoms with Gasteiger partial charge in [-0.2, -0.15) is 0 Å². The molecule has 0 spiro atoms. The summed E-state index contributed by atoms with van der Waals surface area (Å²) in [7, 11) is 0. The van der Waals surface area contributed by atoms with E-state index in [1.54, 1.807) is 0 Å². The van der Waals surface area contributed by atoms with Crippen molar-refractivity contribution in [3.8, 4) is 0 Å². The molecular weight excluding hydrogens is 534 g/mol. The van der Waals surface area contributed by atoms with Gasteiger partial charge in [-0.3, -0.25) is 4.79 Å². The van der Waals surface area contributed by atoms with E-state index in [1.807, 2.05) is 0 Å².